The second kappa shape index (κ2) is 6.40. The molecule has 2 saturated carbocycles. The zero-order chi connectivity index (χ0) is 13.7. The molecule has 0 saturated heterocycles. The Morgan fingerprint density at radius 2 is 1.74 bits per heavy atom. The first kappa shape index (κ1) is 14.4. The van der Waals surface area contributed by atoms with Crippen molar-refractivity contribution >= 4 is 11.9 Å². The average Bonchev–Trinajstić information content (AvgIpc) is 2.91. The smallest absolute Gasteiger partial charge is 0.331 e. The molecule has 0 aromatic heterocycles. The molecule has 0 aromatic rings. The lowest BCUT2D eigenvalue weighted by Gasteiger charge is -2.35. The first-order valence-corrected chi connectivity index (χ1v) is 7.56. The zero-order valence-electron chi connectivity index (χ0n) is 11.9. The van der Waals surface area contributed by atoms with Gasteiger partial charge in [-0.05, 0) is 31.6 Å². The summed E-state index contributed by atoms with van der Waals surface area (Å²) in [7, 11) is 1.40. The second-order valence-electron chi connectivity index (χ2n) is 6.04. The van der Waals surface area contributed by atoms with Crippen molar-refractivity contribution in [1.29, 1.82) is 0 Å². The Balaban J connectivity index is 1.94. The second-order valence-corrected chi connectivity index (χ2v) is 6.04. The molecule has 19 heavy (non-hydrogen) atoms. The van der Waals surface area contributed by atoms with Gasteiger partial charge in [-0.2, -0.15) is 0 Å². The molecule has 4 heteroatoms. The molecule has 0 spiro atoms. The van der Waals surface area contributed by atoms with Crippen molar-refractivity contribution in [1.82, 2.24) is 5.32 Å². The van der Waals surface area contributed by atoms with E-state index in [1.54, 1.807) is 0 Å². The highest BCUT2D eigenvalue weighted by molar-refractivity contribution is 5.88. The molecule has 1 N–H and O–H groups in total. The van der Waals surface area contributed by atoms with Gasteiger partial charge in [0.05, 0.1) is 7.11 Å². The quantitative estimate of drug-likeness (QED) is 0.796. The van der Waals surface area contributed by atoms with E-state index in [0.717, 1.165) is 44.9 Å². The first-order chi connectivity index (χ1) is 9.16. The minimum Gasteiger partial charge on any atom is -0.467 e. The number of nitrogens with one attached hydrogen (secondary N) is 1. The molecular formula is C15H25NO3. The van der Waals surface area contributed by atoms with Gasteiger partial charge in [0.2, 0.25) is 5.91 Å². The van der Waals surface area contributed by atoms with Gasteiger partial charge < -0.3 is 10.1 Å². The van der Waals surface area contributed by atoms with Crippen molar-refractivity contribution in [3.63, 3.8) is 0 Å². The summed E-state index contributed by atoms with van der Waals surface area (Å²) in [4.78, 5) is 24.2. The minimum absolute atomic E-state index is 0.0270. The molecule has 0 heterocycles. The summed E-state index contributed by atoms with van der Waals surface area (Å²) < 4.78 is 4.91. The van der Waals surface area contributed by atoms with E-state index in [9.17, 15) is 9.59 Å². The third kappa shape index (κ3) is 3.48. The fourth-order valence-electron chi connectivity index (χ4n) is 3.53. The third-order valence-corrected chi connectivity index (χ3v) is 4.61. The fourth-order valence-corrected chi connectivity index (χ4v) is 3.53. The Labute approximate surface area is 115 Å². The van der Waals surface area contributed by atoms with Gasteiger partial charge in [-0.3, -0.25) is 4.79 Å². The SMILES string of the molecule is COC(=O)C1(NC(=O)CC2CCCC2)CCCCC1. The molecule has 0 unspecified atom stereocenters. The summed E-state index contributed by atoms with van der Waals surface area (Å²) >= 11 is 0. The van der Waals surface area contributed by atoms with Crippen molar-refractivity contribution in [3.05, 3.63) is 0 Å². The van der Waals surface area contributed by atoms with Crippen molar-refractivity contribution in [2.75, 3.05) is 7.11 Å². The highest BCUT2D eigenvalue weighted by Crippen LogP contribution is 2.31. The fraction of sp³-hybridized carbons (Fsp3) is 0.867. The Hall–Kier alpha value is -1.06. The number of esters is 1. The van der Waals surface area contributed by atoms with Gasteiger partial charge >= 0.3 is 5.97 Å². The molecule has 2 rings (SSSR count). The van der Waals surface area contributed by atoms with Crippen LogP contribution in [0.5, 0.6) is 0 Å². The van der Waals surface area contributed by atoms with Gasteiger partial charge in [-0.25, -0.2) is 4.79 Å². The Bertz CT molecular complexity index is 328. The maximum atomic E-state index is 12.2. The van der Waals surface area contributed by atoms with E-state index in [0.29, 0.717) is 12.3 Å². The highest BCUT2D eigenvalue weighted by Gasteiger charge is 2.42. The predicted octanol–water partition coefficient (Wildman–Crippen LogP) is 2.56. The number of carbonyl (C=O) groups is 2. The van der Waals surface area contributed by atoms with Gasteiger partial charge in [-0.1, -0.05) is 32.1 Å². The van der Waals surface area contributed by atoms with E-state index in [2.05, 4.69) is 5.32 Å². The van der Waals surface area contributed by atoms with Crippen molar-refractivity contribution in [3.8, 4) is 0 Å². The summed E-state index contributed by atoms with van der Waals surface area (Å²) in [5.41, 5.74) is -0.747. The van der Waals surface area contributed by atoms with Gasteiger partial charge in [-0.15, -0.1) is 0 Å². The van der Waals surface area contributed by atoms with E-state index in [1.165, 1.54) is 20.0 Å². The number of ether oxygens (including phenoxy) is 1. The van der Waals surface area contributed by atoms with E-state index in [4.69, 9.17) is 4.74 Å². The molecule has 0 bridgehead atoms. The maximum Gasteiger partial charge on any atom is 0.331 e. The molecular weight excluding hydrogens is 242 g/mol. The van der Waals surface area contributed by atoms with Crippen LogP contribution in [0.15, 0.2) is 0 Å². The predicted molar refractivity (Wildman–Crippen MR) is 72.5 cm³/mol. The highest BCUT2D eigenvalue weighted by atomic mass is 16.5. The van der Waals surface area contributed by atoms with Crippen LogP contribution in [0, 0.1) is 5.92 Å². The van der Waals surface area contributed by atoms with Crippen molar-refractivity contribution in [2.45, 2.75) is 69.7 Å². The molecule has 0 atom stereocenters. The van der Waals surface area contributed by atoms with Crippen LogP contribution in [0.2, 0.25) is 0 Å². The summed E-state index contributed by atoms with van der Waals surface area (Å²) in [5.74, 6) is 0.268. The Morgan fingerprint density at radius 3 is 2.32 bits per heavy atom. The first-order valence-electron chi connectivity index (χ1n) is 7.56. The molecule has 2 aliphatic carbocycles. The van der Waals surface area contributed by atoms with Crippen LogP contribution in [0.4, 0.5) is 0 Å². The average molecular weight is 267 g/mol. The van der Waals surface area contributed by atoms with E-state index in [1.807, 2.05) is 0 Å². The van der Waals surface area contributed by atoms with Gasteiger partial charge in [0, 0.05) is 6.42 Å². The lowest BCUT2D eigenvalue weighted by Crippen LogP contribution is -2.56. The summed E-state index contributed by atoms with van der Waals surface area (Å²) in [6, 6.07) is 0. The standard InChI is InChI=1S/C15H25NO3/c1-19-14(18)15(9-5-2-6-10-15)16-13(17)11-12-7-3-4-8-12/h12H,2-11H2,1H3,(H,16,17). The molecule has 2 fully saturated rings. The van der Waals surface area contributed by atoms with Crippen LogP contribution in [0.3, 0.4) is 0 Å². The molecule has 0 aliphatic heterocycles. The number of hydrogen-bond donors (Lipinski definition) is 1. The minimum atomic E-state index is -0.747. The monoisotopic (exact) mass is 267 g/mol. The Kier molecular flexibility index (Phi) is 4.83. The van der Waals surface area contributed by atoms with Crippen LogP contribution in [-0.2, 0) is 14.3 Å². The van der Waals surface area contributed by atoms with Gasteiger partial charge in [0.25, 0.3) is 0 Å². The Morgan fingerprint density at radius 1 is 1.11 bits per heavy atom. The van der Waals surface area contributed by atoms with Gasteiger partial charge in [0.1, 0.15) is 5.54 Å². The number of carbonyl (C=O) groups excluding carboxylic acids is 2. The van der Waals surface area contributed by atoms with Crippen LogP contribution >= 0.6 is 0 Å². The molecule has 4 nitrogen and oxygen atoms in total. The van der Waals surface area contributed by atoms with E-state index >= 15 is 0 Å². The van der Waals surface area contributed by atoms with E-state index in [-0.39, 0.29) is 11.9 Å². The number of hydrogen-bond acceptors (Lipinski definition) is 3. The summed E-state index contributed by atoms with van der Waals surface area (Å²) in [6.07, 6.45) is 9.89. The zero-order valence-corrected chi connectivity index (χ0v) is 11.9. The summed E-state index contributed by atoms with van der Waals surface area (Å²) in [6.45, 7) is 0. The molecule has 2 aliphatic rings. The van der Waals surface area contributed by atoms with Crippen LogP contribution in [0.1, 0.15) is 64.2 Å². The van der Waals surface area contributed by atoms with Crippen LogP contribution < -0.4 is 5.32 Å². The number of methoxy groups -OCH3 is 1. The van der Waals surface area contributed by atoms with Gasteiger partial charge in [0.15, 0.2) is 0 Å². The molecule has 108 valence electrons. The molecule has 0 aromatic carbocycles. The molecule has 0 radical (unpaired) electrons. The van der Waals surface area contributed by atoms with Crippen LogP contribution in [0.25, 0.3) is 0 Å². The topological polar surface area (TPSA) is 55.4 Å². The normalized spacial score (nSPS) is 23.0. The third-order valence-electron chi connectivity index (χ3n) is 4.61. The van der Waals surface area contributed by atoms with Crippen molar-refractivity contribution in [2.24, 2.45) is 5.92 Å². The lowest BCUT2D eigenvalue weighted by molar-refractivity contribution is -0.152. The maximum absolute atomic E-state index is 12.2. The summed E-state index contributed by atoms with van der Waals surface area (Å²) in [5, 5.41) is 3.00. The number of amides is 1. The number of rotatable bonds is 4. The lowest BCUT2D eigenvalue weighted by atomic mass is 9.81. The largest absolute Gasteiger partial charge is 0.467 e. The van der Waals surface area contributed by atoms with Crippen LogP contribution in [-0.4, -0.2) is 24.5 Å². The van der Waals surface area contributed by atoms with Crippen molar-refractivity contribution < 1.29 is 14.3 Å². The molecule has 1 amide bonds. The van der Waals surface area contributed by atoms with E-state index < -0.39 is 5.54 Å².